The van der Waals surface area contributed by atoms with E-state index < -0.39 is 11.9 Å². The number of nitrogens with zero attached hydrogens (tertiary/aromatic N) is 1. The molecule has 0 unspecified atom stereocenters. The van der Waals surface area contributed by atoms with Crippen molar-refractivity contribution in [3.05, 3.63) is 34.7 Å². The maximum atomic E-state index is 11.7. The Kier molecular flexibility index (Phi) is 4.54. The predicted octanol–water partition coefficient (Wildman–Crippen LogP) is 1.72. The summed E-state index contributed by atoms with van der Waals surface area (Å²) < 4.78 is 4.97. The molecule has 2 amide bonds. The fourth-order valence-electron chi connectivity index (χ4n) is 1.60. The highest BCUT2D eigenvalue weighted by atomic mass is 32.2. The summed E-state index contributed by atoms with van der Waals surface area (Å²) in [6, 6.07) is 6.76. The number of esters is 1. The van der Waals surface area contributed by atoms with Crippen LogP contribution >= 0.6 is 11.8 Å². The van der Waals surface area contributed by atoms with Crippen molar-refractivity contribution in [1.29, 1.82) is 0 Å². The molecule has 0 aliphatic carbocycles. The molecule has 0 saturated carbocycles. The van der Waals surface area contributed by atoms with Crippen LogP contribution in [-0.2, 0) is 14.4 Å². The fraction of sp³-hybridized carbons (Fsp3) is 0.143. The zero-order valence-electron chi connectivity index (χ0n) is 11.4. The highest BCUT2D eigenvalue weighted by Gasteiger charge is 2.22. The first-order valence-corrected chi connectivity index (χ1v) is 6.84. The van der Waals surface area contributed by atoms with Crippen LogP contribution in [0.2, 0.25) is 0 Å². The number of hydrogen-bond donors (Lipinski definition) is 1. The lowest BCUT2D eigenvalue weighted by Crippen LogP contribution is -2.23. The van der Waals surface area contributed by atoms with Gasteiger partial charge in [-0.3, -0.25) is 14.4 Å². The Bertz CT molecular complexity index is 679. The van der Waals surface area contributed by atoms with E-state index in [0.29, 0.717) is 16.2 Å². The second-order valence-corrected chi connectivity index (χ2v) is 5.21. The van der Waals surface area contributed by atoms with Gasteiger partial charge in [0.25, 0.3) is 5.91 Å². The van der Waals surface area contributed by atoms with E-state index in [1.54, 1.807) is 30.3 Å². The van der Waals surface area contributed by atoms with E-state index in [-0.39, 0.29) is 11.1 Å². The molecule has 108 valence electrons. The number of thioether (sulfide) groups is 1. The van der Waals surface area contributed by atoms with Gasteiger partial charge in [0, 0.05) is 13.8 Å². The molecule has 0 fully saturated rings. The van der Waals surface area contributed by atoms with Gasteiger partial charge in [-0.15, -0.1) is 0 Å². The SMILES string of the molecule is CC(=O)NC1=NC(=O)/C(=C/c2cccc(OC(C)=O)c2)S1. The third kappa shape index (κ3) is 4.28. The zero-order chi connectivity index (χ0) is 15.4. The summed E-state index contributed by atoms with van der Waals surface area (Å²) in [6.07, 6.45) is 1.62. The predicted molar refractivity (Wildman–Crippen MR) is 79.6 cm³/mol. The maximum absolute atomic E-state index is 11.7. The van der Waals surface area contributed by atoms with Crippen LogP contribution in [0.5, 0.6) is 5.75 Å². The maximum Gasteiger partial charge on any atom is 0.308 e. The molecule has 1 heterocycles. The second kappa shape index (κ2) is 6.36. The lowest BCUT2D eigenvalue weighted by atomic mass is 10.2. The molecule has 0 aromatic heterocycles. The van der Waals surface area contributed by atoms with Crippen molar-refractivity contribution < 1.29 is 19.1 Å². The topological polar surface area (TPSA) is 84.8 Å². The summed E-state index contributed by atoms with van der Waals surface area (Å²) in [5.41, 5.74) is 0.698. The van der Waals surface area contributed by atoms with Gasteiger partial charge in [0.15, 0.2) is 5.17 Å². The second-order valence-electron chi connectivity index (χ2n) is 4.18. The minimum atomic E-state index is -0.415. The van der Waals surface area contributed by atoms with Crippen molar-refractivity contribution in [2.75, 3.05) is 0 Å². The minimum Gasteiger partial charge on any atom is -0.427 e. The van der Waals surface area contributed by atoms with Gasteiger partial charge in [0.2, 0.25) is 5.91 Å². The molecule has 7 heteroatoms. The molecule has 1 aromatic rings. The average Bonchev–Trinajstić information content (AvgIpc) is 2.68. The Morgan fingerprint density at radius 3 is 2.76 bits per heavy atom. The van der Waals surface area contributed by atoms with Crippen molar-refractivity contribution in [1.82, 2.24) is 5.32 Å². The van der Waals surface area contributed by atoms with Gasteiger partial charge in [-0.05, 0) is 35.5 Å². The molecule has 0 atom stereocenters. The van der Waals surface area contributed by atoms with Crippen LogP contribution in [0.25, 0.3) is 6.08 Å². The van der Waals surface area contributed by atoms with Gasteiger partial charge >= 0.3 is 5.97 Å². The monoisotopic (exact) mass is 304 g/mol. The first kappa shape index (κ1) is 15.0. The van der Waals surface area contributed by atoms with E-state index >= 15 is 0 Å². The number of aliphatic imine (C=N–C) groups is 1. The van der Waals surface area contributed by atoms with E-state index in [1.165, 1.54) is 13.8 Å². The Morgan fingerprint density at radius 1 is 1.33 bits per heavy atom. The van der Waals surface area contributed by atoms with Crippen molar-refractivity contribution in [2.45, 2.75) is 13.8 Å². The van der Waals surface area contributed by atoms with Crippen LogP contribution in [0.1, 0.15) is 19.4 Å². The fourth-order valence-corrected chi connectivity index (χ4v) is 2.46. The van der Waals surface area contributed by atoms with Crippen LogP contribution in [0.15, 0.2) is 34.2 Å². The summed E-state index contributed by atoms with van der Waals surface area (Å²) in [5.74, 6) is -0.716. The molecule has 1 aliphatic rings. The first-order valence-electron chi connectivity index (χ1n) is 6.02. The minimum absolute atomic E-state index is 0.259. The molecule has 0 radical (unpaired) electrons. The van der Waals surface area contributed by atoms with E-state index in [2.05, 4.69) is 10.3 Å². The highest BCUT2D eigenvalue weighted by molar-refractivity contribution is 8.18. The van der Waals surface area contributed by atoms with Crippen molar-refractivity contribution >= 4 is 40.8 Å². The average molecular weight is 304 g/mol. The number of hydrogen-bond acceptors (Lipinski definition) is 5. The standard InChI is InChI=1S/C14H12N2O4S/c1-8(17)15-14-16-13(19)12(21-14)7-10-4-3-5-11(6-10)20-9(2)18/h3-7H,1-2H3,(H,15,16,17,19)/b12-7-. The molecule has 21 heavy (non-hydrogen) atoms. The molecule has 1 N–H and O–H groups in total. The smallest absolute Gasteiger partial charge is 0.308 e. The van der Waals surface area contributed by atoms with Crippen molar-refractivity contribution in [3.8, 4) is 5.75 Å². The van der Waals surface area contributed by atoms with Crippen LogP contribution in [0, 0.1) is 0 Å². The number of amidine groups is 1. The van der Waals surface area contributed by atoms with Gasteiger partial charge in [0.1, 0.15) is 5.75 Å². The normalized spacial score (nSPS) is 15.8. The van der Waals surface area contributed by atoms with Gasteiger partial charge in [-0.25, -0.2) is 0 Å². The van der Waals surface area contributed by atoms with Gasteiger partial charge in [-0.1, -0.05) is 12.1 Å². The highest BCUT2D eigenvalue weighted by Crippen LogP contribution is 2.28. The lowest BCUT2D eigenvalue weighted by molar-refractivity contribution is -0.132. The molecule has 0 bridgehead atoms. The Hall–Kier alpha value is -2.41. The summed E-state index contributed by atoms with van der Waals surface area (Å²) in [7, 11) is 0. The summed E-state index contributed by atoms with van der Waals surface area (Å²) in [5, 5.41) is 2.73. The lowest BCUT2D eigenvalue weighted by Gasteiger charge is -2.02. The largest absolute Gasteiger partial charge is 0.427 e. The molecule has 1 aliphatic heterocycles. The molecule has 2 rings (SSSR count). The van der Waals surface area contributed by atoms with Crippen LogP contribution in [-0.4, -0.2) is 23.0 Å². The number of amides is 2. The third-order valence-electron chi connectivity index (χ3n) is 2.32. The van der Waals surface area contributed by atoms with Gasteiger partial charge in [-0.2, -0.15) is 4.99 Å². The summed E-state index contributed by atoms with van der Waals surface area (Å²) in [6.45, 7) is 2.66. The number of nitrogens with one attached hydrogen (secondary N) is 1. The summed E-state index contributed by atoms with van der Waals surface area (Å²) >= 11 is 1.08. The Labute approximate surface area is 125 Å². The van der Waals surface area contributed by atoms with Gasteiger partial charge in [0.05, 0.1) is 4.91 Å². The van der Waals surface area contributed by atoms with Crippen LogP contribution in [0.4, 0.5) is 0 Å². The van der Waals surface area contributed by atoms with E-state index in [1.807, 2.05) is 0 Å². The number of benzene rings is 1. The molecular weight excluding hydrogens is 292 g/mol. The van der Waals surface area contributed by atoms with Gasteiger partial charge < -0.3 is 10.1 Å². The van der Waals surface area contributed by atoms with Crippen molar-refractivity contribution in [2.24, 2.45) is 4.99 Å². The van der Waals surface area contributed by atoms with E-state index in [9.17, 15) is 14.4 Å². The summed E-state index contributed by atoms with van der Waals surface area (Å²) in [4.78, 5) is 37.7. The number of ether oxygens (including phenoxy) is 1. The molecular formula is C14H12N2O4S. The van der Waals surface area contributed by atoms with Crippen LogP contribution in [0.3, 0.4) is 0 Å². The Morgan fingerprint density at radius 2 is 2.10 bits per heavy atom. The third-order valence-corrected chi connectivity index (χ3v) is 3.22. The molecule has 0 saturated heterocycles. The number of carbonyl (C=O) groups is 3. The Balaban J connectivity index is 2.16. The number of carbonyl (C=O) groups excluding carboxylic acids is 3. The van der Waals surface area contributed by atoms with E-state index in [0.717, 1.165) is 11.8 Å². The molecule has 6 nitrogen and oxygen atoms in total. The zero-order valence-corrected chi connectivity index (χ0v) is 12.2. The number of rotatable bonds is 2. The van der Waals surface area contributed by atoms with Crippen molar-refractivity contribution in [3.63, 3.8) is 0 Å². The molecule has 1 aromatic carbocycles. The van der Waals surface area contributed by atoms with Crippen LogP contribution < -0.4 is 10.1 Å². The van der Waals surface area contributed by atoms with E-state index in [4.69, 9.17) is 4.74 Å². The molecule has 0 spiro atoms. The quantitative estimate of drug-likeness (QED) is 0.511. The first-order chi connectivity index (χ1) is 9.94.